The second-order valence-corrected chi connectivity index (χ2v) is 5.35. The molecule has 3 rings (SSSR count). The lowest BCUT2D eigenvalue weighted by Crippen LogP contribution is -2.47. The Kier molecular flexibility index (Phi) is 2.65. The summed E-state index contributed by atoms with van der Waals surface area (Å²) in [6, 6.07) is 10.2. The van der Waals surface area contributed by atoms with Crippen LogP contribution in [0.1, 0.15) is 44.9 Å². The van der Waals surface area contributed by atoms with Crippen molar-refractivity contribution in [1.29, 1.82) is 0 Å². The van der Waals surface area contributed by atoms with Crippen molar-refractivity contribution in [1.82, 2.24) is 0 Å². The van der Waals surface area contributed by atoms with Crippen LogP contribution in [0.25, 0.3) is 0 Å². The lowest BCUT2D eigenvalue weighted by Gasteiger charge is -2.41. The molecule has 1 spiro atoms. The number of carbonyl (C=O) groups excluding carboxylic acids is 1. The Balaban J connectivity index is 1.97. The van der Waals surface area contributed by atoms with Crippen LogP contribution >= 0.6 is 0 Å². The molecule has 90 valence electrons. The van der Waals surface area contributed by atoms with Crippen molar-refractivity contribution < 1.29 is 4.79 Å². The summed E-state index contributed by atoms with van der Waals surface area (Å²) in [4.78, 5) is 14.3. The monoisotopic (exact) mass is 229 g/mol. The fourth-order valence-corrected chi connectivity index (χ4v) is 3.51. The maximum absolute atomic E-state index is 12.2. The number of anilines is 1. The quantitative estimate of drug-likeness (QED) is 0.721. The third-order valence-corrected chi connectivity index (χ3v) is 4.33. The molecule has 1 aliphatic heterocycles. The Labute approximate surface area is 103 Å². The standard InChI is InChI=1S/C15H19NO/c17-14-9-12-15(10-5-2-6-11-15)16(14)13-7-3-1-4-8-13/h1,3-4,7-8H,2,5-6,9-12H2. The van der Waals surface area contributed by atoms with Gasteiger partial charge in [-0.1, -0.05) is 37.5 Å². The highest BCUT2D eigenvalue weighted by Gasteiger charge is 2.46. The van der Waals surface area contributed by atoms with Gasteiger partial charge in [0.05, 0.1) is 0 Å². The van der Waals surface area contributed by atoms with E-state index in [0.29, 0.717) is 5.91 Å². The maximum atomic E-state index is 12.2. The minimum Gasteiger partial charge on any atom is -0.306 e. The molecule has 2 aliphatic rings. The summed E-state index contributed by atoms with van der Waals surface area (Å²) in [5, 5.41) is 0. The van der Waals surface area contributed by atoms with Crippen molar-refractivity contribution in [3.05, 3.63) is 30.3 Å². The first kappa shape index (κ1) is 10.8. The lowest BCUT2D eigenvalue weighted by atomic mass is 9.79. The predicted molar refractivity (Wildman–Crippen MR) is 69.0 cm³/mol. The molecule has 1 saturated carbocycles. The van der Waals surface area contributed by atoms with Gasteiger partial charge in [0.15, 0.2) is 0 Å². The van der Waals surface area contributed by atoms with E-state index in [-0.39, 0.29) is 5.54 Å². The van der Waals surface area contributed by atoms with Crippen LogP contribution in [-0.2, 0) is 4.79 Å². The summed E-state index contributed by atoms with van der Waals surface area (Å²) in [7, 11) is 0. The highest BCUT2D eigenvalue weighted by atomic mass is 16.2. The number of para-hydroxylation sites is 1. The first-order valence-electron chi connectivity index (χ1n) is 6.70. The van der Waals surface area contributed by atoms with Gasteiger partial charge in [-0.25, -0.2) is 0 Å². The van der Waals surface area contributed by atoms with E-state index in [1.807, 2.05) is 18.2 Å². The average Bonchev–Trinajstić information content (AvgIpc) is 2.68. The molecule has 0 N–H and O–H groups in total. The molecule has 1 amide bonds. The Bertz CT molecular complexity index is 406. The normalized spacial score (nSPS) is 23.3. The van der Waals surface area contributed by atoms with Crippen molar-refractivity contribution in [3.63, 3.8) is 0 Å². The van der Waals surface area contributed by atoms with Crippen molar-refractivity contribution in [2.24, 2.45) is 0 Å². The first-order valence-corrected chi connectivity index (χ1v) is 6.70. The minimum atomic E-state index is 0.149. The molecule has 0 aromatic heterocycles. The van der Waals surface area contributed by atoms with Crippen LogP contribution in [0.3, 0.4) is 0 Å². The molecule has 0 atom stereocenters. The maximum Gasteiger partial charge on any atom is 0.227 e. The van der Waals surface area contributed by atoms with E-state index in [4.69, 9.17) is 0 Å². The van der Waals surface area contributed by atoms with Gasteiger partial charge in [0, 0.05) is 17.6 Å². The van der Waals surface area contributed by atoms with Crippen LogP contribution in [0.2, 0.25) is 0 Å². The fraction of sp³-hybridized carbons (Fsp3) is 0.533. The van der Waals surface area contributed by atoms with Gasteiger partial charge in [0.25, 0.3) is 0 Å². The molecule has 2 fully saturated rings. The Hall–Kier alpha value is -1.31. The minimum absolute atomic E-state index is 0.149. The molecule has 17 heavy (non-hydrogen) atoms. The zero-order chi connectivity index (χ0) is 11.7. The van der Waals surface area contributed by atoms with Gasteiger partial charge in [-0.2, -0.15) is 0 Å². The number of carbonyl (C=O) groups is 1. The number of rotatable bonds is 1. The zero-order valence-electron chi connectivity index (χ0n) is 10.2. The van der Waals surface area contributed by atoms with Gasteiger partial charge in [-0.3, -0.25) is 4.79 Å². The first-order chi connectivity index (χ1) is 8.32. The largest absolute Gasteiger partial charge is 0.306 e. The molecule has 1 saturated heterocycles. The lowest BCUT2D eigenvalue weighted by molar-refractivity contribution is -0.117. The Morgan fingerprint density at radius 1 is 0.941 bits per heavy atom. The number of amides is 1. The van der Waals surface area contributed by atoms with Gasteiger partial charge in [0.2, 0.25) is 5.91 Å². The molecule has 0 unspecified atom stereocenters. The van der Waals surface area contributed by atoms with Crippen molar-refractivity contribution in [2.45, 2.75) is 50.5 Å². The van der Waals surface area contributed by atoms with Crippen LogP contribution < -0.4 is 4.90 Å². The van der Waals surface area contributed by atoms with Gasteiger partial charge in [-0.15, -0.1) is 0 Å². The molecule has 1 aromatic rings. The topological polar surface area (TPSA) is 20.3 Å². The van der Waals surface area contributed by atoms with E-state index >= 15 is 0 Å². The molecular formula is C15H19NO. The van der Waals surface area contributed by atoms with Crippen molar-refractivity contribution in [2.75, 3.05) is 4.90 Å². The summed E-state index contributed by atoms with van der Waals surface area (Å²) >= 11 is 0. The summed E-state index contributed by atoms with van der Waals surface area (Å²) in [5.41, 5.74) is 1.24. The number of nitrogens with zero attached hydrogens (tertiary/aromatic N) is 1. The predicted octanol–water partition coefficient (Wildman–Crippen LogP) is 3.52. The zero-order valence-corrected chi connectivity index (χ0v) is 10.2. The van der Waals surface area contributed by atoms with Crippen LogP contribution in [0.15, 0.2) is 30.3 Å². The fourth-order valence-electron chi connectivity index (χ4n) is 3.51. The summed E-state index contributed by atoms with van der Waals surface area (Å²) in [6.45, 7) is 0. The number of benzene rings is 1. The van der Waals surface area contributed by atoms with Crippen LogP contribution in [0.5, 0.6) is 0 Å². The van der Waals surface area contributed by atoms with E-state index in [9.17, 15) is 4.79 Å². The second-order valence-electron chi connectivity index (χ2n) is 5.35. The van der Waals surface area contributed by atoms with Gasteiger partial charge in [-0.05, 0) is 31.4 Å². The Morgan fingerprint density at radius 3 is 2.35 bits per heavy atom. The smallest absolute Gasteiger partial charge is 0.227 e. The molecule has 0 radical (unpaired) electrons. The van der Waals surface area contributed by atoms with E-state index in [2.05, 4.69) is 17.0 Å². The summed E-state index contributed by atoms with van der Waals surface area (Å²) in [5.74, 6) is 0.318. The van der Waals surface area contributed by atoms with E-state index in [0.717, 1.165) is 18.5 Å². The molecule has 1 aliphatic carbocycles. The third kappa shape index (κ3) is 1.76. The summed E-state index contributed by atoms with van der Waals surface area (Å²) < 4.78 is 0. The van der Waals surface area contributed by atoms with E-state index < -0.39 is 0 Å². The molecule has 0 bridgehead atoms. The molecule has 1 aromatic carbocycles. The third-order valence-electron chi connectivity index (χ3n) is 4.33. The Morgan fingerprint density at radius 2 is 1.65 bits per heavy atom. The van der Waals surface area contributed by atoms with Crippen LogP contribution in [0, 0.1) is 0 Å². The highest BCUT2D eigenvalue weighted by molar-refractivity contribution is 5.97. The van der Waals surface area contributed by atoms with E-state index in [1.165, 1.54) is 32.1 Å². The average molecular weight is 229 g/mol. The molecule has 1 heterocycles. The van der Waals surface area contributed by atoms with Gasteiger partial charge < -0.3 is 4.90 Å². The second kappa shape index (κ2) is 4.17. The van der Waals surface area contributed by atoms with Crippen molar-refractivity contribution >= 4 is 11.6 Å². The molecule has 2 nitrogen and oxygen atoms in total. The SMILES string of the molecule is O=C1CCC2(CCCCC2)N1c1ccccc1. The number of hydrogen-bond acceptors (Lipinski definition) is 1. The molecular weight excluding hydrogens is 210 g/mol. The molecule has 2 heteroatoms. The number of hydrogen-bond donors (Lipinski definition) is 0. The van der Waals surface area contributed by atoms with E-state index in [1.54, 1.807) is 0 Å². The summed E-state index contributed by atoms with van der Waals surface area (Å²) in [6.07, 6.45) is 8.04. The van der Waals surface area contributed by atoms with Crippen LogP contribution in [0.4, 0.5) is 5.69 Å². The van der Waals surface area contributed by atoms with Crippen molar-refractivity contribution in [3.8, 4) is 0 Å². The highest BCUT2D eigenvalue weighted by Crippen LogP contribution is 2.44. The van der Waals surface area contributed by atoms with Gasteiger partial charge >= 0.3 is 0 Å². The van der Waals surface area contributed by atoms with Gasteiger partial charge in [0.1, 0.15) is 0 Å². The van der Waals surface area contributed by atoms with Crippen LogP contribution in [-0.4, -0.2) is 11.4 Å².